The van der Waals surface area contributed by atoms with Crippen LogP contribution in [0.25, 0.3) is 0 Å². The first-order chi connectivity index (χ1) is 8.66. The highest BCUT2D eigenvalue weighted by Gasteiger charge is 2.17. The Morgan fingerprint density at radius 3 is 2.72 bits per heavy atom. The van der Waals surface area contributed by atoms with Crippen molar-refractivity contribution >= 4 is 29.0 Å². The number of benzene rings is 1. The largest absolute Gasteiger partial charge is 0.353 e. The summed E-state index contributed by atoms with van der Waals surface area (Å²) in [6, 6.07) is 4.88. The zero-order valence-electron chi connectivity index (χ0n) is 9.83. The van der Waals surface area contributed by atoms with Crippen molar-refractivity contribution < 1.29 is 14.3 Å². The van der Waals surface area contributed by atoms with Crippen LogP contribution in [-0.2, 0) is 9.47 Å². The van der Waals surface area contributed by atoms with Gasteiger partial charge < -0.3 is 9.47 Å². The number of halogens is 2. The van der Waals surface area contributed by atoms with E-state index in [-0.39, 0.29) is 12.1 Å². The van der Waals surface area contributed by atoms with Crippen molar-refractivity contribution in [2.45, 2.75) is 25.6 Å². The van der Waals surface area contributed by atoms with Gasteiger partial charge in [-0.15, -0.1) is 0 Å². The molecule has 0 radical (unpaired) electrons. The van der Waals surface area contributed by atoms with Gasteiger partial charge in [0.1, 0.15) is 0 Å². The molecule has 1 saturated heterocycles. The van der Waals surface area contributed by atoms with Crippen LogP contribution < -0.4 is 0 Å². The average molecular weight is 289 g/mol. The summed E-state index contributed by atoms with van der Waals surface area (Å²) in [6.45, 7) is 1.38. The summed E-state index contributed by atoms with van der Waals surface area (Å²) in [6.07, 6.45) is 1.51. The second-order valence-corrected chi connectivity index (χ2v) is 4.95. The first-order valence-corrected chi connectivity index (χ1v) is 6.64. The molecule has 1 fully saturated rings. The normalized spacial score (nSPS) is 16.8. The van der Waals surface area contributed by atoms with E-state index in [1.54, 1.807) is 18.2 Å². The molecule has 1 aliphatic heterocycles. The third kappa shape index (κ3) is 3.69. The Morgan fingerprint density at radius 1 is 1.28 bits per heavy atom. The molecule has 3 nitrogen and oxygen atoms in total. The van der Waals surface area contributed by atoms with Crippen molar-refractivity contribution in [2.24, 2.45) is 0 Å². The molecule has 0 saturated carbocycles. The summed E-state index contributed by atoms with van der Waals surface area (Å²) in [4.78, 5) is 12.0. The van der Waals surface area contributed by atoms with Crippen molar-refractivity contribution in [1.82, 2.24) is 0 Å². The van der Waals surface area contributed by atoms with Crippen molar-refractivity contribution in [3.05, 3.63) is 33.8 Å². The van der Waals surface area contributed by atoms with E-state index in [1.807, 2.05) is 0 Å². The average Bonchev–Trinajstić information content (AvgIpc) is 2.40. The number of hydrogen-bond donors (Lipinski definition) is 0. The first kappa shape index (κ1) is 13.8. The molecule has 1 aliphatic rings. The molecular formula is C13H14Cl2O3. The minimum absolute atomic E-state index is 0.0414. The van der Waals surface area contributed by atoms with Crippen LogP contribution in [0, 0.1) is 0 Å². The third-order valence-electron chi connectivity index (χ3n) is 2.73. The Hall–Kier alpha value is -0.610. The Kier molecular flexibility index (Phi) is 5.01. The lowest BCUT2D eigenvalue weighted by Gasteiger charge is -2.22. The molecule has 0 unspecified atom stereocenters. The third-order valence-corrected chi connectivity index (χ3v) is 3.30. The standard InChI is InChI=1S/C13H14Cl2O3/c14-9-2-3-11(15)10(8-9)12(16)4-5-13-17-6-1-7-18-13/h2-3,8,13H,1,4-7H2. The van der Waals surface area contributed by atoms with E-state index >= 15 is 0 Å². The number of carbonyl (C=O) groups is 1. The topological polar surface area (TPSA) is 35.5 Å². The van der Waals surface area contributed by atoms with Crippen LogP contribution in [0.5, 0.6) is 0 Å². The van der Waals surface area contributed by atoms with Gasteiger partial charge >= 0.3 is 0 Å². The highest BCUT2D eigenvalue weighted by molar-refractivity contribution is 6.35. The number of ether oxygens (including phenoxy) is 2. The van der Waals surface area contributed by atoms with Crippen molar-refractivity contribution in [3.8, 4) is 0 Å². The van der Waals surface area contributed by atoms with Crippen LogP contribution in [0.15, 0.2) is 18.2 Å². The molecule has 5 heteroatoms. The summed E-state index contributed by atoms with van der Waals surface area (Å²) >= 11 is 11.8. The monoisotopic (exact) mass is 288 g/mol. The molecule has 0 N–H and O–H groups in total. The smallest absolute Gasteiger partial charge is 0.164 e. The van der Waals surface area contributed by atoms with Gasteiger partial charge in [0, 0.05) is 23.4 Å². The maximum Gasteiger partial charge on any atom is 0.164 e. The molecule has 1 aromatic rings. The van der Waals surface area contributed by atoms with E-state index < -0.39 is 0 Å². The van der Waals surface area contributed by atoms with Crippen molar-refractivity contribution in [1.29, 1.82) is 0 Å². The van der Waals surface area contributed by atoms with Gasteiger partial charge in [-0.2, -0.15) is 0 Å². The van der Waals surface area contributed by atoms with E-state index in [4.69, 9.17) is 32.7 Å². The van der Waals surface area contributed by atoms with Crippen LogP contribution in [0.3, 0.4) is 0 Å². The lowest BCUT2D eigenvalue weighted by molar-refractivity contribution is -0.180. The molecule has 18 heavy (non-hydrogen) atoms. The number of hydrogen-bond acceptors (Lipinski definition) is 3. The first-order valence-electron chi connectivity index (χ1n) is 5.88. The van der Waals surface area contributed by atoms with Gasteiger partial charge in [-0.3, -0.25) is 4.79 Å². The number of ketones is 1. The Labute approximate surface area is 116 Å². The molecule has 0 amide bonds. The molecular weight excluding hydrogens is 275 g/mol. The van der Waals surface area contributed by atoms with Gasteiger partial charge in [-0.25, -0.2) is 0 Å². The molecule has 0 aliphatic carbocycles. The fourth-order valence-corrected chi connectivity index (χ4v) is 2.19. The minimum Gasteiger partial charge on any atom is -0.353 e. The van der Waals surface area contributed by atoms with E-state index in [1.165, 1.54) is 0 Å². The highest BCUT2D eigenvalue weighted by atomic mass is 35.5. The summed E-state index contributed by atoms with van der Waals surface area (Å²) in [5.74, 6) is -0.0414. The number of rotatable bonds is 4. The summed E-state index contributed by atoms with van der Waals surface area (Å²) in [7, 11) is 0. The van der Waals surface area contributed by atoms with Crippen LogP contribution in [-0.4, -0.2) is 25.3 Å². The van der Waals surface area contributed by atoms with Crippen molar-refractivity contribution in [3.63, 3.8) is 0 Å². The van der Waals surface area contributed by atoms with Gasteiger partial charge in [-0.05, 0) is 24.6 Å². The molecule has 1 aromatic carbocycles. The van der Waals surface area contributed by atoms with Crippen LogP contribution in [0.2, 0.25) is 10.0 Å². The number of Topliss-reactive ketones (excluding diaryl/α,β-unsaturated/α-hetero) is 1. The molecule has 1 heterocycles. The van der Waals surface area contributed by atoms with Crippen LogP contribution in [0.1, 0.15) is 29.6 Å². The van der Waals surface area contributed by atoms with E-state index in [0.717, 1.165) is 6.42 Å². The van der Waals surface area contributed by atoms with E-state index in [0.29, 0.717) is 41.7 Å². The van der Waals surface area contributed by atoms with Gasteiger partial charge in [0.15, 0.2) is 12.1 Å². The molecule has 2 rings (SSSR count). The second-order valence-electron chi connectivity index (χ2n) is 4.11. The Morgan fingerprint density at radius 2 is 2.00 bits per heavy atom. The molecule has 98 valence electrons. The van der Waals surface area contributed by atoms with Gasteiger partial charge in [0.25, 0.3) is 0 Å². The maximum atomic E-state index is 12.0. The fraction of sp³-hybridized carbons (Fsp3) is 0.462. The predicted molar refractivity (Wildman–Crippen MR) is 70.3 cm³/mol. The Balaban J connectivity index is 1.92. The second kappa shape index (κ2) is 6.53. The summed E-state index contributed by atoms with van der Waals surface area (Å²) in [5.41, 5.74) is 0.458. The number of carbonyl (C=O) groups excluding carboxylic acids is 1. The zero-order valence-corrected chi connectivity index (χ0v) is 11.3. The molecule has 0 spiro atoms. The Bertz CT molecular complexity index is 428. The van der Waals surface area contributed by atoms with E-state index in [2.05, 4.69) is 0 Å². The van der Waals surface area contributed by atoms with Gasteiger partial charge in [0.05, 0.1) is 18.2 Å². The summed E-state index contributed by atoms with van der Waals surface area (Å²) in [5, 5.41) is 0.933. The van der Waals surface area contributed by atoms with Gasteiger partial charge in [-0.1, -0.05) is 23.2 Å². The lowest BCUT2D eigenvalue weighted by atomic mass is 10.1. The van der Waals surface area contributed by atoms with E-state index in [9.17, 15) is 4.79 Å². The van der Waals surface area contributed by atoms with Crippen molar-refractivity contribution in [2.75, 3.05) is 13.2 Å². The highest BCUT2D eigenvalue weighted by Crippen LogP contribution is 2.23. The molecule has 0 atom stereocenters. The fourth-order valence-electron chi connectivity index (χ4n) is 1.80. The SMILES string of the molecule is O=C(CCC1OCCCO1)c1cc(Cl)ccc1Cl. The summed E-state index contributed by atoms with van der Waals surface area (Å²) < 4.78 is 10.8. The zero-order chi connectivity index (χ0) is 13.0. The maximum absolute atomic E-state index is 12.0. The predicted octanol–water partition coefficient (Wildman–Crippen LogP) is 3.72. The quantitative estimate of drug-likeness (QED) is 0.792. The molecule has 0 bridgehead atoms. The van der Waals surface area contributed by atoms with Gasteiger partial charge in [0.2, 0.25) is 0 Å². The van der Waals surface area contributed by atoms with Crippen LogP contribution in [0.4, 0.5) is 0 Å². The minimum atomic E-state index is -0.277. The van der Waals surface area contributed by atoms with Crippen LogP contribution >= 0.6 is 23.2 Å². The molecule has 0 aromatic heterocycles. The lowest BCUT2D eigenvalue weighted by Crippen LogP contribution is -2.25.